The van der Waals surface area contributed by atoms with E-state index in [-0.39, 0.29) is 37.6 Å². The number of benzene rings is 2. The van der Waals surface area contributed by atoms with Crippen LogP contribution in [0.2, 0.25) is 0 Å². The van der Waals surface area contributed by atoms with E-state index in [0.717, 1.165) is 0 Å². The molecular weight excluding hydrogens is 417 g/mol. The summed E-state index contributed by atoms with van der Waals surface area (Å²) < 4.78 is 23.5. The van der Waals surface area contributed by atoms with Crippen molar-refractivity contribution in [1.82, 2.24) is 5.32 Å². The number of aryl methyl sites for hydroxylation is 1. The Bertz CT molecular complexity index is 808. The van der Waals surface area contributed by atoms with Gasteiger partial charge in [0, 0.05) is 39.8 Å². The normalized spacial score (nSPS) is 9.84. The first-order valence-corrected chi connectivity index (χ1v) is 8.64. The van der Waals surface area contributed by atoms with Gasteiger partial charge in [-0.05, 0) is 10.5 Å². The molecule has 0 spiro atoms. The number of nitrogens with one attached hydrogen (secondary N) is 2. The van der Waals surface area contributed by atoms with Crippen molar-refractivity contribution in [2.24, 2.45) is 0 Å². The van der Waals surface area contributed by atoms with Gasteiger partial charge in [0.05, 0.1) is 5.91 Å². The van der Waals surface area contributed by atoms with Crippen molar-refractivity contribution in [2.45, 2.75) is 11.8 Å². The van der Waals surface area contributed by atoms with E-state index < -0.39 is 27.4 Å². The second-order valence-corrected chi connectivity index (χ2v) is 6.78. The van der Waals surface area contributed by atoms with Crippen LogP contribution in [0.1, 0.15) is 15.9 Å². The van der Waals surface area contributed by atoms with Gasteiger partial charge in [-0.2, -0.15) is 24.3 Å². The van der Waals surface area contributed by atoms with E-state index >= 15 is 0 Å². The zero-order valence-corrected chi connectivity index (χ0v) is 17.6. The standard InChI is InChI=1S/C10H12NO3S.C7H7NO.Y/c1-8-5-3-4-6-9(8)15(13,14)7-10(12)11-2;8-7(9)6-4-2-1-3-5-6;/h3,5-6H,7H2,1-2H3,(H,11,12);1-5H,(H2,8,9);/q-1;;/p-1. The van der Waals surface area contributed by atoms with Crippen LogP contribution in [0.25, 0.3) is 5.73 Å². The third kappa shape index (κ3) is 7.90. The van der Waals surface area contributed by atoms with Crippen molar-refractivity contribution in [1.29, 1.82) is 0 Å². The van der Waals surface area contributed by atoms with Gasteiger partial charge in [0.15, 0.2) is 0 Å². The van der Waals surface area contributed by atoms with Crippen molar-refractivity contribution in [2.75, 3.05) is 12.8 Å². The smallest absolute Gasteiger partial charge is 0.234 e. The average Bonchev–Trinajstić information content (AvgIpc) is 2.56. The summed E-state index contributed by atoms with van der Waals surface area (Å²) in [6, 6.07) is 15.9. The van der Waals surface area contributed by atoms with Gasteiger partial charge in [-0.3, -0.25) is 4.79 Å². The van der Waals surface area contributed by atoms with Crippen LogP contribution in [0.15, 0.2) is 53.4 Å². The van der Waals surface area contributed by atoms with E-state index in [1.54, 1.807) is 43.3 Å². The molecule has 2 amide bonds. The molecule has 0 aliphatic carbocycles. The van der Waals surface area contributed by atoms with E-state index in [9.17, 15) is 18.0 Å². The zero-order chi connectivity index (χ0) is 18.2. The predicted octanol–water partition coefficient (Wildman–Crippen LogP) is 2.19. The van der Waals surface area contributed by atoms with Crippen molar-refractivity contribution in [3.8, 4) is 0 Å². The van der Waals surface area contributed by atoms with Crippen molar-refractivity contribution < 1.29 is 50.7 Å². The summed E-state index contributed by atoms with van der Waals surface area (Å²) in [6.45, 7) is 1.69. The van der Waals surface area contributed by atoms with Crippen LogP contribution in [0.3, 0.4) is 0 Å². The van der Waals surface area contributed by atoms with Gasteiger partial charge < -0.3 is 15.8 Å². The van der Waals surface area contributed by atoms with Crippen molar-refractivity contribution in [3.63, 3.8) is 0 Å². The number of rotatable bonds is 4. The van der Waals surface area contributed by atoms with Crippen LogP contribution in [-0.4, -0.2) is 33.0 Å². The van der Waals surface area contributed by atoms with Crippen LogP contribution >= 0.6 is 0 Å². The summed E-state index contributed by atoms with van der Waals surface area (Å²) >= 11 is 0. The van der Waals surface area contributed by atoms with Crippen LogP contribution in [0, 0.1) is 13.0 Å². The summed E-state index contributed by atoms with van der Waals surface area (Å²) in [4.78, 5) is 21.5. The third-order valence-corrected chi connectivity index (χ3v) is 4.76. The number of hydrogen-bond donors (Lipinski definition) is 1. The van der Waals surface area contributed by atoms with Gasteiger partial charge in [-0.15, -0.1) is 5.56 Å². The molecule has 131 valence electrons. The van der Waals surface area contributed by atoms with Gasteiger partial charge in [0.2, 0.25) is 5.91 Å². The van der Waals surface area contributed by atoms with E-state index in [1.807, 2.05) is 6.07 Å². The summed E-state index contributed by atoms with van der Waals surface area (Å²) in [7, 11) is -2.14. The topological polar surface area (TPSA) is 104 Å². The van der Waals surface area contributed by atoms with Gasteiger partial charge in [-0.25, -0.2) is 8.42 Å². The number of amides is 2. The van der Waals surface area contributed by atoms with E-state index in [2.05, 4.69) is 11.4 Å². The molecule has 25 heavy (non-hydrogen) atoms. The number of sulfone groups is 1. The third-order valence-electron chi connectivity index (χ3n) is 3.00. The molecule has 0 aliphatic heterocycles. The van der Waals surface area contributed by atoms with E-state index in [1.165, 1.54) is 13.1 Å². The van der Waals surface area contributed by atoms with Gasteiger partial charge in [0.25, 0.3) is 0 Å². The Morgan fingerprint density at radius 1 is 1.16 bits per heavy atom. The second kappa shape index (κ2) is 11.1. The Morgan fingerprint density at radius 2 is 1.76 bits per heavy atom. The first-order valence-electron chi connectivity index (χ1n) is 6.99. The quantitative estimate of drug-likeness (QED) is 0.744. The summed E-state index contributed by atoms with van der Waals surface area (Å²) in [5, 5.41) is 2.28. The summed E-state index contributed by atoms with van der Waals surface area (Å²) in [5.41, 5.74) is 7.74. The zero-order valence-electron chi connectivity index (χ0n) is 13.9. The largest absolute Gasteiger partial charge is 0.664 e. The van der Waals surface area contributed by atoms with Crippen LogP contribution in [0.4, 0.5) is 0 Å². The predicted molar refractivity (Wildman–Crippen MR) is 91.2 cm³/mol. The number of carbonyl (C=O) groups is 2. The maximum atomic E-state index is 11.7. The molecule has 0 bridgehead atoms. The molecule has 2 rings (SSSR count). The Balaban J connectivity index is 0.000000495. The fraction of sp³-hybridized carbons (Fsp3) is 0.176. The fourth-order valence-electron chi connectivity index (χ4n) is 1.74. The van der Waals surface area contributed by atoms with Crippen molar-refractivity contribution in [3.05, 3.63) is 71.5 Å². The molecule has 0 atom stereocenters. The molecule has 0 fully saturated rings. The van der Waals surface area contributed by atoms with Crippen LogP contribution < -0.4 is 5.32 Å². The molecule has 0 saturated heterocycles. The number of hydrogen-bond acceptors (Lipinski definition) is 4. The van der Waals surface area contributed by atoms with E-state index in [0.29, 0.717) is 11.1 Å². The maximum Gasteiger partial charge on any atom is 0.234 e. The molecule has 2 N–H and O–H groups in total. The molecule has 8 heteroatoms. The molecule has 6 nitrogen and oxygen atoms in total. The minimum atomic E-state index is -3.55. The van der Waals surface area contributed by atoms with Crippen LogP contribution in [0.5, 0.6) is 0 Å². The monoisotopic (exact) mass is 435 g/mol. The first kappa shape index (κ1) is 23.4. The summed E-state index contributed by atoms with van der Waals surface area (Å²) in [5.74, 6) is -1.67. The Labute approximate surface area is 173 Å². The molecule has 2 aromatic carbocycles. The minimum Gasteiger partial charge on any atom is -0.664 e. The molecular formula is C17H18N2O4SY-2. The van der Waals surface area contributed by atoms with Gasteiger partial charge in [0.1, 0.15) is 15.6 Å². The first-order chi connectivity index (χ1) is 11.3. The second-order valence-electron chi connectivity index (χ2n) is 4.82. The average molecular weight is 435 g/mol. The Morgan fingerprint density at radius 3 is 2.20 bits per heavy atom. The van der Waals surface area contributed by atoms with Crippen molar-refractivity contribution >= 4 is 21.7 Å². The van der Waals surface area contributed by atoms with E-state index in [4.69, 9.17) is 5.73 Å². The fourth-order valence-corrected chi connectivity index (χ4v) is 3.19. The molecule has 0 heterocycles. The maximum absolute atomic E-state index is 11.7. The molecule has 0 saturated carbocycles. The van der Waals surface area contributed by atoms with Gasteiger partial charge >= 0.3 is 0 Å². The van der Waals surface area contributed by atoms with Crippen LogP contribution in [-0.2, 0) is 47.3 Å². The molecule has 0 aliphatic rings. The Kier molecular flexibility index (Phi) is 10.4. The number of carbonyl (C=O) groups excluding carboxylic acids is 2. The van der Waals surface area contributed by atoms with Gasteiger partial charge in [-0.1, -0.05) is 37.3 Å². The molecule has 1 radical (unpaired) electrons. The molecule has 2 aromatic rings. The SMILES string of the molecule is CNC(=O)CS(=O)(=O)c1c[c-]ccc1C.[NH-]C(=O)c1ccccc1.[Y]. The molecule has 0 unspecified atom stereocenters. The summed E-state index contributed by atoms with van der Waals surface area (Å²) in [6.07, 6.45) is 0. The Hall–Kier alpha value is -1.57. The minimum absolute atomic E-state index is 0. The molecule has 0 aromatic heterocycles.